The smallest absolute Gasteiger partial charge is 0.252 e. The van der Waals surface area contributed by atoms with E-state index in [1.807, 2.05) is 36.2 Å². The lowest BCUT2D eigenvalue weighted by atomic mass is 9.95. The molecular formula is C27H35F2N5O. The van der Waals surface area contributed by atoms with E-state index in [9.17, 15) is 5.11 Å². The van der Waals surface area contributed by atoms with Gasteiger partial charge in [-0.3, -0.25) is 9.58 Å². The summed E-state index contributed by atoms with van der Waals surface area (Å²) in [5, 5.41) is 18.9. The van der Waals surface area contributed by atoms with Crippen LogP contribution in [0.15, 0.2) is 36.5 Å². The van der Waals surface area contributed by atoms with Gasteiger partial charge in [0, 0.05) is 43.6 Å². The summed E-state index contributed by atoms with van der Waals surface area (Å²) in [7, 11) is 1.87. The molecule has 4 heterocycles. The molecule has 3 aromatic rings. The van der Waals surface area contributed by atoms with Gasteiger partial charge in [0.05, 0.1) is 24.4 Å². The van der Waals surface area contributed by atoms with E-state index < -0.39 is 11.8 Å². The minimum atomic E-state index is -2.71. The summed E-state index contributed by atoms with van der Waals surface area (Å²) in [4.78, 5) is 6.70. The number of nitrogens with one attached hydrogen (secondary N) is 1. The average Bonchev–Trinajstić information content (AvgIpc) is 3.51. The number of hydrogen-bond donors (Lipinski definition) is 2. The van der Waals surface area contributed by atoms with Crippen LogP contribution in [0, 0.1) is 5.92 Å². The van der Waals surface area contributed by atoms with Crippen LogP contribution in [-0.2, 0) is 19.9 Å². The number of halogens is 2. The van der Waals surface area contributed by atoms with Gasteiger partial charge >= 0.3 is 0 Å². The number of aryl methyl sites for hydroxylation is 3. The normalized spacial score (nSPS) is 19.6. The SMILES string of the molecule is Cn1ncc2cccc(C(CO)N3CC[C@@H](C(F)(F)CCCCc4ccc5c(n4)NCCC5)C3)c21. The first-order valence-corrected chi connectivity index (χ1v) is 12.8. The Labute approximate surface area is 205 Å². The van der Waals surface area contributed by atoms with E-state index in [2.05, 4.69) is 21.5 Å². The molecule has 2 aliphatic heterocycles. The highest BCUT2D eigenvalue weighted by molar-refractivity contribution is 5.82. The predicted molar refractivity (Wildman–Crippen MR) is 134 cm³/mol. The van der Waals surface area contributed by atoms with Crippen molar-refractivity contribution < 1.29 is 13.9 Å². The average molecular weight is 484 g/mol. The van der Waals surface area contributed by atoms with Crippen LogP contribution in [0.3, 0.4) is 0 Å². The summed E-state index contributed by atoms with van der Waals surface area (Å²) < 4.78 is 32.1. The molecule has 1 aromatic carbocycles. The molecule has 2 N–H and O–H groups in total. The number of nitrogens with zero attached hydrogens (tertiary/aromatic N) is 4. The lowest BCUT2D eigenvalue weighted by Crippen LogP contribution is -2.34. The molecule has 0 amide bonds. The van der Waals surface area contributed by atoms with Gasteiger partial charge < -0.3 is 10.4 Å². The van der Waals surface area contributed by atoms with Crippen molar-refractivity contribution in [3.63, 3.8) is 0 Å². The molecule has 188 valence electrons. The number of para-hydroxylation sites is 1. The molecule has 0 bridgehead atoms. The Morgan fingerprint density at radius 1 is 1.23 bits per heavy atom. The van der Waals surface area contributed by atoms with Crippen molar-refractivity contribution in [2.45, 2.75) is 56.9 Å². The molecule has 1 fully saturated rings. The van der Waals surface area contributed by atoms with Gasteiger partial charge in [-0.2, -0.15) is 5.10 Å². The first-order chi connectivity index (χ1) is 17.0. The van der Waals surface area contributed by atoms with Crippen LogP contribution in [0.1, 0.15) is 55.0 Å². The Bertz CT molecular complexity index is 1160. The van der Waals surface area contributed by atoms with Crippen molar-refractivity contribution in [3.05, 3.63) is 53.3 Å². The van der Waals surface area contributed by atoms with E-state index in [1.54, 1.807) is 10.9 Å². The summed E-state index contributed by atoms with van der Waals surface area (Å²) in [6, 6.07) is 9.75. The topological polar surface area (TPSA) is 66.2 Å². The quantitative estimate of drug-likeness (QED) is 0.431. The number of likely N-dealkylation sites (tertiary alicyclic amines) is 1. The third-order valence-electron chi connectivity index (χ3n) is 7.73. The fraction of sp³-hybridized carbons (Fsp3) is 0.556. The fourth-order valence-electron chi connectivity index (χ4n) is 5.74. The summed E-state index contributed by atoms with van der Waals surface area (Å²) in [5.74, 6) is -2.43. The van der Waals surface area contributed by atoms with Crippen molar-refractivity contribution in [1.82, 2.24) is 19.7 Å². The maximum Gasteiger partial charge on any atom is 0.252 e. The molecule has 2 atom stereocenters. The zero-order valence-corrected chi connectivity index (χ0v) is 20.4. The summed E-state index contributed by atoms with van der Waals surface area (Å²) in [6.45, 7) is 1.70. The Kier molecular flexibility index (Phi) is 7.02. The first-order valence-electron chi connectivity index (χ1n) is 12.8. The number of benzene rings is 1. The van der Waals surface area contributed by atoms with E-state index in [0.717, 1.165) is 53.8 Å². The van der Waals surface area contributed by atoms with Gasteiger partial charge in [0.15, 0.2) is 0 Å². The molecular weight excluding hydrogens is 448 g/mol. The highest BCUT2D eigenvalue weighted by atomic mass is 19.3. The fourth-order valence-corrected chi connectivity index (χ4v) is 5.74. The Morgan fingerprint density at radius 2 is 2.11 bits per heavy atom. The molecule has 1 saturated heterocycles. The number of hydrogen-bond acceptors (Lipinski definition) is 5. The molecule has 6 nitrogen and oxygen atoms in total. The van der Waals surface area contributed by atoms with Gasteiger partial charge in [-0.05, 0) is 62.3 Å². The number of fused-ring (bicyclic) bond motifs is 2. The van der Waals surface area contributed by atoms with Crippen LogP contribution in [0.25, 0.3) is 10.9 Å². The van der Waals surface area contributed by atoms with Crippen LogP contribution >= 0.6 is 0 Å². The maximum absolute atomic E-state index is 15.2. The third kappa shape index (κ3) is 5.05. The predicted octanol–water partition coefficient (Wildman–Crippen LogP) is 4.73. The van der Waals surface area contributed by atoms with E-state index in [0.29, 0.717) is 32.4 Å². The Morgan fingerprint density at radius 3 is 2.97 bits per heavy atom. The largest absolute Gasteiger partial charge is 0.394 e. The second-order valence-electron chi connectivity index (χ2n) is 10.0. The summed E-state index contributed by atoms with van der Waals surface area (Å²) >= 11 is 0. The number of aliphatic hydroxyl groups excluding tert-OH is 1. The van der Waals surface area contributed by atoms with Crippen molar-refractivity contribution in [2.24, 2.45) is 13.0 Å². The highest BCUT2D eigenvalue weighted by Gasteiger charge is 2.44. The lowest BCUT2D eigenvalue weighted by molar-refractivity contribution is -0.0644. The molecule has 0 radical (unpaired) electrons. The number of aromatic nitrogens is 3. The van der Waals surface area contributed by atoms with Gasteiger partial charge in [-0.1, -0.05) is 24.3 Å². The van der Waals surface area contributed by atoms with E-state index in [1.165, 1.54) is 5.56 Å². The van der Waals surface area contributed by atoms with E-state index in [-0.39, 0.29) is 19.1 Å². The number of alkyl halides is 2. The molecule has 2 aliphatic rings. The molecule has 35 heavy (non-hydrogen) atoms. The van der Waals surface area contributed by atoms with Crippen molar-refractivity contribution in [3.8, 4) is 0 Å². The molecule has 2 aromatic heterocycles. The summed E-state index contributed by atoms with van der Waals surface area (Å²) in [6.07, 6.45) is 6.23. The Balaban J connectivity index is 1.16. The van der Waals surface area contributed by atoms with Crippen LogP contribution < -0.4 is 5.32 Å². The van der Waals surface area contributed by atoms with Gasteiger partial charge in [0.2, 0.25) is 0 Å². The first kappa shape index (κ1) is 24.1. The molecule has 0 saturated carbocycles. The lowest BCUT2D eigenvalue weighted by Gasteiger charge is -2.29. The van der Waals surface area contributed by atoms with Crippen molar-refractivity contribution >= 4 is 16.7 Å². The zero-order chi connectivity index (χ0) is 24.4. The zero-order valence-electron chi connectivity index (χ0n) is 20.4. The van der Waals surface area contributed by atoms with Crippen LogP contribution in [0.2, 0.25) is 0 Å². The number of rotatable bonds is 9. The van der Waals surface area contributed by atoms with Crippen LogP contribution in [-0.4, -0.2) is 56.9 Å². The minimum Gasteiger partial charge on any atom is -0.394 e. The second kappa shape index (κ2) is 10.2. The third-order valence-corrected chi connectivity index (χ3v) is 7.73. The van der Waals surface area contributed by atoms with Gasteiger partial charge in [0.25, 0.3) is 5.92 Å². The molecule has 0 aliphatic carbocycles. The van der Waals surface area contributed by atoms with Crippen molar-refractivity contribution in [1.29, 1.82) is 0 Å². The van der Waals surface area contributed by atoms with Crippen LogP contribution in [0.4, 0.5) is 14.6 Å². The van der Waals surface area contributed by atoms with Crippen LogP contribution in [0.5, 0.6) is 0 Å². The van der Waals surface area contributed by atoms with E-state index >= 15 is 8.78 Å². The Hall–Kier alpha value is -2.58. The second-order valence-corrected chi connectivity index (χ2v) is 10.0. The number of anilines is 1. The van der Waals surface area contributed by atoms with E-state index in [4.69, 9.17) is 0 Å². The number of pyridine rings is 1. The standard InChI is InChI=1S/C27H35F2N5O/c1-33-25-20(16-31-33)6-4-9-23(25)24(18-35)34-15-12-21(17-34)27(28,29)13-3-2-8-22-11-10-19-7-5-14-30-26(19)32-22/h4,6,9-11,16,21,24,35H,2-3,5,7-8,12-15,17-18H2,1H3,(H,30,32)/t21-,24?/m1/s1. The highest BCUT2D eigenvalue weighted by Crippen LogP contribution is 2.40. The van der Waals surface area contributed by atoms with Crippen molar-refractivity contribution in [2.75, 3.05) is 31.6 Å². The van der Waals surface area contributed by atoms with Gasteiger partial charge in [-0.15, -0.1) is 0 Å². The van der Waals surface area contributed by atoms with Gasteiger partial charge in [0.1, 0.15) is 5.82 Å². The molecule has 1 unspecified atom stereocenters. The maximum atomic E-state index is 15.2. The van der Waals surface area contributed by atoms with Gasteiger partial charge in [-0.25, -0.2) is 13.8 Å². The molecule has 0 spiro atoms. The number of aliphatic hydroxyl groups is 1. The minimum absolute atomic E-state index is 0.101. The number of unbranched alkanes of at least 4 members (excludes halogenated alkanes) is 1. The summed E-state index contributed by atoms with van der Waals surface area (Å²) in [5.41, 5.74) is 4.12. The molecule has 8 heteroatoms. The monoisotopic (exact) mass is 483 g/mol. The molecule has 5 rings (SSSR count).